The van der Waals surface area contributed by atoms with Crippen LogP contribution >= 0.6 is 11.3 Å². The first kappa shape index (κ1) is 18.3. The van der Waals surface area contributed by atoms with Crippen LogP contribution < -0.4 is 15.0 Å². The lowest BCUT2D eigenvalue weighted by Crippen LogP contribution is -2.64. The van der Waals surface area contributed by atoms with Crippen molar-refractivity contribution in [3.8, 4) is 21.9 Å². The third-order valence-corrected chi connectivity index (χ3v) is 6.42. The van der Waals surface area contributed by atoms with Crippen LogP contribution in [0.3, 0.4) is 0 Å². The van der Waals surface area contributed by atoms with Crippen LogP contribution in [0.4, 0.5) is 5.13 Å². The number of amides is 1. The molecule has 1 N–H and O–H groups in total. The fraction of sp³-hybridized carbons (Fsp3) is 0.273. The highest BCUT2D eigenvalue weighted by Gasteiger charge is 2.37. The number of anilines is 1. The van der Waals surface area contributed by atoms with Gasteiger partial charge in [0.2, 0.25) is 5.91 Å². The van der Waals surface area contributed by atoms with Crippen molar-refractivity contribution >= 4 is 22.4 Å². The number of fused-ring (bicyclic) bond motifs is 1. The summed E-state index contributed by atoms with van der Waals surface area (Å²) in [7, 11) is 0. The molecule has 1 amide bonds. The molecule has 2 saturated heterocycles. The first-order valence-electron chi connectivity index (χ1n) is 9.84. The Morgan fingerprint density at radius 3 is 2.76 bits per heavy atom. The van der Waals surface area contributed by atoms with E-state index in [1.807, 2.05) is 65.7 Å². The van der Waals surface area contributed by atoms with Gasteiger partial charge in [0.05, 0.1) is 4.88 Å². The summed E-state index contributed by atoms with van der Waals surface area (Å²) in [6, 6.07) is 17.6. The first-order chi connectivity index (χ1) is 14.3. The second kappa shape index (κ2) is 7.94. The first-order valence-corrected chi connectivity index (χ1v) is 10.7. The molecule has 2 aromatic carbocycles. The van der Waals surface area contributed by atoms with Gasteiger partial charge in [0.1, 0.15) is 17.5 Å². The minimum atomic E-state index is -0.0847. The van der Waals surface area contributed by atoms with Crippen LogP contribution in [0.1, 0.15) is 0 Å². The number of nitrogens with zero attached hydrogens (tertiary/aromatic N) is 3. The van der Waals surface area contributed by atoms with Crippen LogP contribution in [0.2, 0.25) is 0 Å². The molecule has 2 aliphatic rings. The van der Waals surface area contributed by atoms with Gasteiger partial charge in [-0.05, 0) is 24.3 Å². The quantitative estimate of drug-likeness (QED) is 0.721. The number of thiazole rings is 1. The molecule has 148 valence electrons. The number of hydrogen-bond acceptors (Lipinski definition) is 6. The Morgan fingerprint density at radius 2 is 1.86 bits per heavy atom. The van der Waals surface area contributed by atoms with Gasteiger partial charge >= 0.3 is 0 Å². The molecule has 0 saturated carbocycles. The van der Waals surface area contributed by atoms with Gasteiger partial charge in [0.15, 0.2) is 5.13 Å². The summed E-state index contributed by atoms with van der Waals surface area (Å²) in [5.74, 6) is 1.71. The molecular weight excluding hydrogens is 384 g/mol. The second-order valence-electron chi connectivity index (χ2n) is 7.16. The summed E-state index contributed by atoms with van der Waals surface area (Å²) in [5, 5.41) is 4.08. The van der Waals surface area contributed by atoms with Crippen molar-refractivity contribution in [3.05, 3.63) is 60.8 Å². The van der Waals surface area contributed by atoms with Gasteiger partial charge in [-0.2, -0.15) is 0 Å². The van der Waals surface area contributed by atoms with Crippen LogP contribution in [-0.2, 0) is 4.79 Å². The molecule has 0 spiro atoms. The van der Waals surface area contributed by atoms with E-state index in [9.17, 15) is 4.79 Å². The van der Waals surface area contributed by atoms with Crippen LogP contribution in [-0.4, -0.2) is 54.6 Å². The Morgan fingerprint density at radius 1 is 1.03 bits per heavy atom. The van der Waals surface area contributed by atoms with Gasteiger partial charge in [0.25, 0.3) is 0 Å². The highest BCUT2D eigenvalue weighted by molar-refractivity contribution is 7.19. The molecule has 6 nitrogen and oxygen atoms in total. The zero-order valence-electron chi connectivity index (χ0n) is 16.0. The van der Waals surface area contributed by atoms with Gasteiger partial charge in [-0.1, -0.05) is 41.7 Å². The molecule has 2 aliphatic heterocycles. The smallest absolute Gasteiger partial charge is 0.247 e. The van der Waals surface area contributed by atoms with Gasteiger partial charge in [-0.3, -0.25) is 14.6 Å². The van der Waals surface area contributed by atoms with Crippen molar-refractivity contribution in [2.75, 3.05) is 37.6 Å². The average molecular weight is 407 g/mol. The van der Waals surface area contributed by atoms with E-state index in [4.69, 9.17) is 4.74 Å². The van der Waals surface area contributed by atoms with E-state index in [0.717, 1.165) is 46.7 Å². The number of carbonyl (C=O) groups excluding carboxylic acids is 1. The highest BCUT2D eigenvalue weighted by Crippen LogP contribution is 2.38. The number of carbonyl (C=O) groups is 1. The van der Waals surface area contributed by atoms with Gasteiger partial charge in [-0.25, -0.2) is 4.98 Å². The van der Waals surface area contributed by atoms with Gasteiger partial charge < -0.3 is 10.1 Å². The molecule has 0 radical (unpaired) electrons. The molecule has 0 bridgehead atoms. The van der Waals surface area contributed by atoms with Crippen molar-refractivity contribution in [2.45, 2.75) is 6.04 Å². The molecule has 0 unspecified atom stereocenters. The summed E-state index contributed by atoms with van der Waals surface area (Å²) < 4.78 is 6.09. The van der Waals surface area contributed by atoms with Crippen molar-refractivity contribution in [1.82, 2.24) is 15.2 Å². The van der Waals surface area contributed by atoms with E-state index >= 15 is 0 Å². The number of aromatic nitrogens is 1. The molecule has 3 aromatic rings. The summed E-state index contributed by atoms with van der Waals surface area (Å²) >= 11 is 1.54. The van der Waals surface area contributed by atoms with Crippen LogP contribution in [0.25, 0.3) is 10.4 Å². The van der Waals surface area contributed by atoms with Crippen molar-refractivity contribution < 1.29 is 9.53 Å². The summed E-state index contributed by atoms with van der Waals surface area (Å²) in [6.45, 7) is 4.16. The lowest BCUT2D eigenvalue weighted by Gasteiger charge is -2.42. The predicted molar refractivity (Wildman–Crippen MR) is 115 cm³/mol. The van der Waals surface area contributed by atoms with E-state index in [0.29, 0.717) is 13.1 Å². The summed E-state index contributed by atoms with van der Waals surface area (Å²) in [6.07, 6.45) is 1.84. The number of nitrogens with one attached hydrogen (secondary N) is 1. The maximum atomic E-state index is 13.0. The maximum Gasteiger partial charge on any atom is 0.247 e. The standard InChI is InChI=1S/C22H22N4O2S/c27-21-18-14-23-10-11-25(18)12-13-26(21)22-24-15-20(29-22)17-8-4-5-9-19(17)28-16-6-2-1-3-7-16/h1-9,15,18,23H,10-14H2/t18-/m1/s1. The number of benzene rings is 2. The van der Waals surface area contributed by atoms with Crippen LogP contribution in [0.5, 0.6) is 11.5 Å². The summed E-state index contributed by atoms with van der Waals surface area (Å²) in [4.78, 5) is 22.7. The Bertz CT molecular complexity index is 1010. The SMILES string of the molecule is O=C1[C@H]2CNCCN2CCN1c1ncc(-c2ccccc2Oc2ccccc2)s1. The Labute approximate surface area is 173 Å². The highest BCUT2D eigenvalue weighted by atomic mass is 32.1. The Balaban J connectivity index is 1.40. The average Bonchev–Trinajstić information content (AvgIpc) is 3.25. The third kappa shape index (κ3) is 3.64. The number of rotatable bonds is 4. The van der Waals surface area contributed by atoms with Crippen LogP contribution in [0.15, 0.2) is 60.8 Å². The van der Waals surface area contributed by atoms with Gasteiger partial charge in [-0.15, -0.1) is 0 Å². The van der Waals surface area contributed by atoms with E-state index < -0.39 is 0 Å². The fourth-order valence-corrected chi connectivity index (χ4v) is 4.83. The van der Waals surface area contributed by atoms with Crippen LogP contribution in [0, 0.1) is 0 Å². The lowest BCUT2D eigenvalue weighted by atomic mass is 10.1. The third-order valence-electron chi connectivity index (χ3n) is 5.36. The minimum Gasteiger partial charge on any atom is -0.457 e. The number of hydrogen-bond donors (Lipinski definition) is 1. The monoisotopic (exact) mass is 406 g/mol. The molecule has 1 atom stereocenters. The molecule has 29 heavy (non-hydrogen) atoms. The van der Waals surface area contributed by atoms with Crippen molar-refractivity contribution in [1.29, 1.82) is 0 Å². The normalized spacial score (nSPS) is 19.8. The largest absolute Gasteiger partial charge is 0.457 e. The molecule has 0 aliphatic carbocycles. The Kier molecular flexibility index (Phi) is 5.01. The topological polar surface area (TPSA) is 57.7 Å². The lowest BCUT2D eigenvalue weighted by molar-refractivity contribution is -0.126. The van der Waals surface area contributed by atoms with E-state index in [-0.39, 0.29) is 11.9 Å². The number of piperazine rings is 2. The molecule has 5 rings (SSSR count). The molecule has 7 heteroatoms. The zero-order valence-corrected chi connectivity index (χ0v) is 16.8. The predicted octanol–water partition coefficient (Wildman–Crippen LogP) is 3.22. The van der Waals surface area contributed by atoms with E-state index in [1.54, 1.807) is 0 Å². The molecule has 2 fully saturated rings. The van der Waals surface area contributed by atoms with E-state index in [1.165, 1.54) is 11.3 Å². The maximum absolute atomic E-state index is 13.0. The fourth-order valence-electron chi connectivity index (χ4n) is 3.85. The van der Waals surface area contributed by atoms with E-state index in [2.05, 4.69) is 15.2 Å². The second-order valence-corrected chi connectivity index (χ2v) is 8.17. The van der Waals surface area contributed by atoms with Gasteiger partial charge in [0, 0.05) is 44.5 Å². The molecule has 1 aromatic heterocycles. The minimum absolute atomic E-state index is 0.0847. The van der Waals surface area contributed by atoms with Crippen molar-refractivity contribution in [3.63, 3.8) is 0 Å². The number of ether oxygens (including phenoxy) is 1. The Hall–Kier alpha value is -2.74. The molecular formula is C22H22N4O2S. The number of para-hydroxylation sites is 2. The van der Waals surface area contributed by atoms with Crippen molar-refractivity contribution in [2.24, 2.45) is 0 Å². The zero-order chi connectivity index (χ0) is 19.6. The summed E-state index contributed by atoms with van der Waals surface area (Å²) in [5.41, 5.74) is 0.977. The molecule has 3 heterocycles.